The molecule has 5 heteroatoms. The topological polar surface area (TPSA) is 69.6 Å². The van der Waals surface area contributed by atoms with Gasteiger partial charge in [0.25, 0.3) is 0 Å². The van der Waals surface area contributed by atoms with Gasteiger partial charge in [-0.3, -0.25) is 0 Å². The lowest BCUT2D eigenvalue weighted by atomic mass is 10.1. The van der Waals surface area contributed by atoms with Crippen LogP contribution in [0.1, 0.15) is 18.9 Å². The summed E-state index contributed by atoms with van der Waals surface area (Å²) in [7, 11) is 1.61. The zero-order valence-corrected chi connectivity index (χ0v) is 12.5. The average Bonchev–Trinajstić information content (AvgIpc) is 2.43. The highest BCUT2D eigenvalue weighted by Crippen LogP contribution is 2.06. The monoisotopic (exact) mass is 290 g/mol. The van der Waals surface area contributed by atoms with Gasteiger partial charge in [0.2, 0.25) is 0 Å². The SMILES string of the molecule is C=C(C)CN(C)C(=O)NC(CCc1ccccc1)C(=O)O. The third-order valence-corrected chi connectivity index (χ3v) is 3.01. The van der Waals surface area contributed by atoms with Gasteiger partial charge in [-0.25, -0.2) is 9.59 Å². The minimum Gasteiger partial charge on any atom is -0.480 e. The molecule has 0 spiro atoms. The van der Waals surface area contributed by atoms with Crippen molar-refractivity contribution in [3.05, 3.63) is 48.0 Å². The van der Waals surface area contributed by atoms with E-state index in [1.165, 1.54) is 4.90 Å². The molecule has 0 saturated heterocycles. The number of aliphatic carboxylic acids is 1. The van der Waals surface area contributed by atoms with Gasteiger partial charge in [0, 0.05) is 13.6 Å². The van der Waals surface area contributed by atoms with Crippen LogP contribution in [0.15, 0.2) is 42.5 Å². The molecular formula is C16H22N2O3. The molecule has 0 heterocycles. The van der Waals surface area contributed by atoms with Crippen LogP contribution in [0.5, 0.6) is 0 Å². The number of likely N-dealkylation sites (N-methyl/N-ethyl adjacent to an activating group) is 1. The van der Waals surface area contributed by atoms with E-state index >= 15 is 0 Å². The number of urea groups is 1. The highest BCUT2D eigenvalue weighted by atomic mass is 16.4. The van der Waals surface area contributed by atoms with E-state index in [1.807, 2.05) is 37.3 Å². The molecule has 1 unspecified atom stereocenters. The molecule has 2 amide bonds. The lowest BCUT2D eigenvalue weighted by molar-refractivity contribution is -0.139. The molecule has 0 saturated carbocycles. The van der Waals surface area contributed by atoms with Crippen LogP contribution in [-0.4, -0.2) is 41.6 Å². The lowest BCUT2D eigenvalue weighted by Crippen LogP contribution is -2.47. The molecule has 0 aromatic heterocycles. The first-order valence-electron chi connectivity index (χ1n) is 6.83. The number of amides is 2. The van der Waals surface area contributed by atoms with Crippen LogP contribution in [-0.2, 0) is 11.2 Å². The van der Waals surface area contributed by atoms with E-state index in [2.05, 4.69) is 11.9 Å². The third kappa shape index (κ3) is 6.12. The van der Waals surface area contributed by atoms with E-state index in [4.69, 9.17) is 0 Å². The number of carbonyl (C=O) groups excluding carboxylic acids is 1. The lowest BCUT2D eigenvalue weighted by Gasteiger charge is -2.21. The molecule has 0 aliphatic heterocycles. The van der Waals surface area contributed by atoms with Gasteiger partial charge >= 0.3 is 12.0 Å². The van der Waals surface area contributed by atoms with Crippen LogP contribution < -0.4 is 5.32 Å². The van der Waals surface area contributed by atoms with Crippen LogP contribution in [0.25, 0.3) is 0 Å². The van der Waals surface area contributed by atoms with Crippen molar-refractivity contribution in [3.63, 3.8) is 0 Å². The summed E-state index contributed by atoms with van der Waals surface area (Å²) >= 11 is 0. The van der Waals surface area contributed by atoms with Crippen LogP contribution in [0, 0.1) is 0 Å². The van der Waals surface area contributed by atoms with E-state index in [9.17, 15) is 14.7 Å². The van der Waals surface area contributed by atoms with E-state index < -0.39 is 18.0 Å². The molecule has 1 rings (SSSR count). The quantitative estimate of drug-likeness (QED) is 0.757. The van der Waals surface area contributed by atoms with Gasteiger partial charge in [-0.1, -0.05) is 42.5 Å². The number of carboxylic acid groups (broad SMARTS) is 1. The fraction of sp³-hybridized carbons (Fsp3) is 0.375. The number of hydrogen-bond donors (Lipinski definition) is 2. The standard InChI is InChI=1S/C16H22N2O3/c1-12(2)11-18(3)16(21)17-14(15(19)20)10-9-13-7-5-4-6-8-13/h4-8,14H,1,9-11H2,2-3H3,(H,17,21)(H,19,20). The zero-order valence-electron chi connectivity index (χ0n) is 12.5. The molecule has 0 aliphatic rings. The molecule has 1 aromatic rings. The number of carbonyl (C=O) groups is 2. The predicted octanol–water partition coefficient (Wildman–Crippen LogP) is 2.29. The minimum atomic E-state index is -1.02. The average molecular weight is 290 g/mol. The number of aryl methyl sites for hydroxylation is 1. The second kappa shape index (κ2) is 8.09. The minimum absolute atomic E-state index is 0.353. The Balaban J connectivity index is 2.55. The van der Waals surface area contributed by atoms with Crippen LogP contribution in [0.4, 0.5) is 4.79 Å². The number of hydrogen-bond acceptors (Lipinski definition) is 2. The molecule has 5 nitrogen and oxygen atoms in total. The van der Waals surface area contributed by atoms with Crippen molar-refractivity contribution in [2.45, 2.75) is 25.8 Å². The van der Waals surface area contributed by atoms with Crippen LogP contribution >= 0.6 is 0 Å². The second-order valence-electron chi connectivity index (χ2n) is 5.18. The van der Waals surface area contributed by atoms with Crippen LogP contribution in [0.3, 0.4) is 0 Å². The summed E-state index contributed by atoms with van der Waals surface area (Å²) in [5, 5.41) is 11.8. The summed E-state index contributed by atoms with van der Waals surface area (Å²) in [6.07, 6.45) is 0.953. The number of benzene rings is 1. The summed E-state index contributed by atoms with van der Waals surface area (Å²) in [4.78, 5) is 24.6. The fourth-order valence-corrected chi connectivity index (χ4v) is 1.95. The normalized spacial score (nSPS) is 11.5. The van der Waals surface area contributed by atoms with Crippen molar-refractivity contribution < 1.29 is 14.7 Å². The Bertz CT molecular complexity index is 500. The second-order valence-corrected chi connectivity index (χ2v) is 5.18. The molecule has 1 aromatic carbocycles. The van der Waals surface area contributed by atoms with Gasteiger partial charge in [0.1, 0.15) is 6.04 Å². The maximum atomic E-state index is 11.9. The largest absolute Gasteiger partial charge is 0.480 e. The van der Waals surface area contributed by atoms with Crippen molar-refractivity contribution in [3.8, 4) is 0 Å². The Labute approximate surface area is 125 Å². The van der Waals surface area contributed by atoms with Gasteiger partial charge in [-0.05, 0) is 25.3 Å². The summed E-state index contributed by atoms with van der Waals surface area (Å²) in [6.45, 7) is 5.94. The molecule has 0 radical (unpaired) electrons. The zero-order chi connectivity index (χ0) is 15.8. The molecule has 0 fully saturated rings. The molecule has 114 valence electrons. The maximum absolute atomic E-state index is 11.9. The Kier molecular flexibility index (Phi) is 6.46. The van der Waals surface area contributed by atoms with Gasteiger partial charge in [0.15, 0.2) is 0 Å². The fourth-order valence-electron chi connectivity index (χ4n) is 1.95. The summed E-state index contributed by atoms with van der Waals surface area (Å²) in [5.41, 5.74) is 1.89. The maximum Gasteiger partial charge on any atom is 0.326 e. The van der Waals surface area contributed by atoms with Gasteiger partial charge in [-0.2, -0.15) is 0 Å². The molecule has 1 atom stereocenters. The van der Waals surface area contributed by atoms with Crippen molar-refractivity contribution >= 4 is 12.0 Å². The van der Waals surface area contributed by atoms with Crippen molar-refractivity contribution in [2.24, 2.45) is 0 Å². The molecule has 21 heavy (non-hydrogen) atoms. The predicted molar refractivity (Wildman–Crippen MR) is 82.2 cm³/mol. The number of nitrogens with zero attached hydrogens (tertiary/aromatic N) is 1. The summed E-state index contributed by atoms with van der Waals surface area (Å²) in [5.74, 6) is -1.02. The first-order valence-corrected chi connectivity index (χ1v) is 6.83. The Morgan fingerprint density at radius 1 is 1.33 bits per heavy atom. The van der Waals surface area contributed by atoms with Gasteiger partial charge < -0.3 is 15.3 Å². The Morgan fingerprint density at radius 3 is 2.48 bits per heavy atom. The summed E-state index contributed by atoms with van der Waals surface area (Å²) in [6, 6.07) is 8.30. The number of rotatable bonds is 7. The Morgan fingerprint density at radius 2 is 1.95 bits per heavy atom. The summed E-state index contributed by atoms with van der Waals surface area (Å²) < 4.78 is 0. The number of carboxylic acids is 1. The molecule has 0 bridgehead atoms. The first kappa shape index (κ1) is 16.8. The smallest absolute Gasteiger partial charge is 0.326 e. The van der Waals surface area contributed by atoms with Crippen molar-refractivity contribution in [2.75, 3.05) is 13.6 Å². The van der Waals surface area contributed by atoms with E-state index in [0.717, 1.165) is 11.1 Å². The third-order valence-electron chi connectivity index (χ3n) is 3.01. The Hall–Kier alpha value is -2.30. The van der Waals surface area contributed by atoms with Gasteiger partial charge in [0.05, 0.1) is 0 Å². The molecule has 0 aliphatic carbocycles. The van der Waals surface area contributed by atoms with Crippen LogP contribution in [0.2, 0.25) is 0 Å². The molecule has 2 N–H and O–H groups in total. The van der Waals surface area contributed by atoms with Crippen molar-refractivity contribution in [1.29, 1.82) is 0 Å². The highest BCUT2D eigenvalue weighted by Gasteiger charge is 2.21. The number of nitrogens with one attached hydrogen (secondary N) is 1. The first-order chi connectivity index (χ1) is 9.90. The molecular weight excluding hydrogens is 268 g/mol. The highest BCUT2D eigenvalue weighted by molar-refractivity contribution is 5.82. The van der Waals surface area contributed by atoms with E-state index in [-0.39, 0.29) is 0 Å². The van der Waals surface area contributed by atoms with E-state index in [0.29, 0.717) is 19.4 Å². The van der Waals surface area contributed by atoms with Gasteiger partial charge in [-0.15, -0.1) is 0 Å². The van der Waals surface area contributed by atoms with E-state index in [1.54, 1.807) is 7.05 Å². The van der Waals surface area contributed by atoms with Crippen molar-refractivity contribution in [1.82, 2.24) is 10.2 Å².